The lowest BCUT2D eigenvalue weighted by Crippen LogP contribution is -2.30. The van der Waals surface area contributed by atoms with Crippen molar-refractivity contribution in [3.63, 3.8) is 0 Å². The minimum atomic E-state index is -3.77. The van der Waals surface area contributed by atoms with Crippen LogP contribution in [0.25, 0.3) is 0 Å². The van der Waals surface area contributed by atoms with Crippen LogP contribution in [-0.4, -0.2) is 27.5 Å². The number of carbonyl (C=O) groups excluding carboxylic acids is 1. The van der Waals surface area contributed by atoms with Crippen LogP contribution in [0.4, 0.5) is 0 Å². The minimum Gasteiger partial charge on any atom is -0.497 e. The molecule has 0 unspecified atom stereocenters. The number of nitrogens with one attached hydrogen (secondary N) is 1. The van der Waals surface area contributed by atoms with Gasteiger partial charge >= 0.3 is 0 Å². The molecule has 1 amide bonds. The van der Waals surface area contributed by atoms with Gasteiger partial charge in [0.1, 0.15) is 5.75 Å². The van der Waals surface area contributed by atoms with E-state index in [0.717, 1.165) is 0 Å². The van der Waals surface area contributed by atoms with E-state index < -0.39 is 10.0 Å². The van der Waals surface area contributed by atoms with E-state index in [4.69, 9.17) is 9.88 Å². The molecule has 0 aromatic heterocycles. The number of primary sulfonamides is 1. The highest BCUT2D eigenvalue weighted by Crippen LogP contribution is 2.22. The van der Waals surface area contributed by atoms with Crippen molar-refractivity contribution in [2.45, 2.75) is 37.6 Å². The fourth-order valence-corrected chi connectivity index (χ4v) is 2.73. The monoisotopic (exact) mass is 300 g/mol. The molecular weight excluding hydrogens is 280 g/mol. The van der Waals surface area contributed by atoms with Crippen LogP contribution in [0.15, 0.2) is 23.1 Å². The lowest BCUT2D eigenvalue weighted by molar-refractivity contribution is -0.119. The standard InChI is InChI=1S/C13H20N2O4S/c1-9(15-10(2)16)4-5-11-8-12(19-3)6-7-13(11)20(14,17)18/h6-9H,4-5H2,1-3H3,(H,15,16)(H2,14,17,18)/t9-/m0/s1. The molecule has 0 radical (unpaired) electrons. The van der Waals surface area contributed by atoms with Gasteiger partial charge in [-0.15, -0.1) is 0 Å². The average Bonchev–Trinajstić information content (AvgIpc) is 2.34. The molecular formula is C13H20N2O4S. The van der Waals surface area contributed by atoms with E-state index >= 15 is 0 Å². The molecule has 1 aromatic rings. The van der Waals surface area contributed by atoms with E-state index in [1.54, 1.807) is 12.1 Å². The number of aryl methyl sites for hydroxylation is 1. The molecule has 112 valence electrons. The normalized spacial score (nSPS) is 12.8. The van der Waals surface area contributed by atoms with E-state index in [1.807, 2.05) is 6.92 Å². The van der Waals surface area contributed by atoms with E-state index in [0.29, 0.717) is 24.2 Å². The number of sulfonamides is 1. The van der Waals surface area contributed by atoms with Crippen LogP contribution < -0.4 is 15.2 Å². The van der Waals surface area contributed by atoms with Crippen molar-refractivity contribution in [3.8, 4) is 5.75 Å². The lowest BCUT2D eigenvalue weighted by Gasteiger charge is -2.14. The van der Waals surface area contributed by atoms with Crippen molar-refractivity contribution >= 4 is 15.9 Å². The maximum absolute atomic E-state index is 11.5. The predicted molar refractivity (Wildman–Crippen MR) is 76.0 cm³/mol. The Balaban J connectivity index is 2.94. The van der Waals surface area contributed by atoms with E-state index in [1.165, 1.54) is 20.1 Å². The van der Waals surface area contributed by atoms with Gasteiger partial charge < -0.3 is 10.1 Å². The Hall–Kier alpha value is -1.60. The molecule has 0 fully saturated rings. The Morgan fingerprint density at radius 3 is 2.60 bits per heavy atom. The van der Waals surface area contributed by atoms with Gasteiger partial charge in [0, 0.05) is 13.0 Å². The highest BCUT2D eigenvalue weighted by molar-refractivity contribution is 7.89. The number of methoxy groups -OCH3 is 1. The number of benzene rings is 1. The molecule has 6 nitrogen and oxygen atoms in total. The summed E-state index contributed by atoms with van der Waals surface area (Å²) in [7, 11) is -2.26. The number of hydrogen-bond donors (Lipinski definition) is 2. The van der Waals surface area contributed by atoms with Crippen LogP contribution >= 0.6 is 0 Å². The lowest BCUT2D eigenvalue weighted by atomic mass is 10.1. The summed E-state index contributed by atoms with van der Waals surface area (Å²) in [6.45, 7) is 3.30. The molecule has 0 saturated carbocycles. The summed E-state index contributed by atoms with van der Waals surface area (Å²) in [5.41, 5.74) is 0.587. The Bertz CT molecular complexity index is 584. The predicted octanol–water partition coefficient (Wildman–Crippen LogP) is 0.800. The van der Waals surface area contributed by atoms with Gasteiger partial charge in [-0.3, -0.25) is 4.79 Å². The topological polar surface area (TPSA) is 98.5 Å². The molecule has 0 aliphatic heterocycles. The fourth-order valence-electron chi connectivity index (χ4n) is 1.95. The van der Waals surface area contributed by atoms with Crippen LogP contribution in [0.1, 0.15) is 25.8 Å². The second-order valence-electron chi connectivity index (χ2n) is 4.66. The Morgan fingerprint density at radius 1 is 1.45 bits per heavy atom. The Morgan fingerprint density at radius 2 is 2.10 bits per heavy atom. The zero-order valence-electron chi connectivity index (χ0n) is 11.8. The molecule has 0 saturated heterocycles. The van der Waals surface area contributed by atoms with Gasteiger partial charge in [0.25, 0.3) is 0 Å². The molecule has 0 bridgehead atoms. The molecule has 0 spiro atoms. The third-order valence-electron chi connectivity index (χ3n) is 2.87. The highest BCUT2D eigenvalue weighted by Gasteiger charge is 2.15. The van der Waals surface area contributed by atoms with Crippen LogP contribution in [0.5, 0.6) is 5.75 Å². The average molecular weight is 300 g/mol. The first kappa shape index (κ1) is 16.5. The number of ether oxygens (including phenoxy) is 1. The third kappa shape index (κ3) is 4.82. The maximum atomic E-state index is 11.5. The molecule has 0 heterocycles. The van der Waals surface area contributed by atoms with Gasteiger partial charge in [-0.2, -0.15) is 0 Å². The first-order valence-electron chi connectivity index (χ1n) is 6.21. The second-order valence-corrected chi connectivity index (χ2v) is 6.19. The highest BCUT2D eigenvalue weighted by atomic mass is 32.2. The molecule has 3 N–H and O–H groups in total. The quantitative estimate of drug-likeness (QED) is 0.811. The molecule has 1 atom stereocenters. The molecule has 20 heavy (non-hydrogen) atoms. The molecule has 1 aromatic carbocycles. The van der Waals surface area contributed by atoms with Crippen LogP contribution in [0, 0.1) is 0 Å². The summed E-state index contributed by atoms with van der Waals surface area (Å²) >= 11 is 0. The number of carbonyl (C=O) groups is 1. The fraction of sp³-hybridized carbons (Fsp3) is 0.462. The zero-order valence-corrected chi connectivity index (χ0v) is 12.7. The summed E-state index contributed by atoms with van der Waals surface area (Å²) in [6.07, 6.45) is 1.08. The summed E-state index contributed by atoms with van der Waals surface area (Å²) in [5.74, 6) is 0.453. The SMILES string of the molecule is COc1ccc(S(N)(=O)=O)c(CC[C@H](C)NC(C)=O)c1. The van der Waals surface area contributed by atoms with Crippen LogP contribution in [-0.2, 0) is 21.2 Å². The Kier molecular flexibility index (Phi) is 5.52. The van der Waals surface area contributed by atoms with Crippen molar-refractivity contribution < 1.29 is 17.9 Å². The Labute approximate surface area is 119 Å². The minimum absolute atomic E-state index is 0.0490. The van der Waals surface area contributed by atoms with Gasteiger partial charge in [-0.1, -0.05) is 0 Å². The largest absolute Gasteiger partial charge is 0.497 e. The molecule has 7 heteroatoms. The summed E-state index contributed by atoms with van der Waals surface area (Å²) in [5, 5.41) is 7.95. The maximum Gasteiger partial charge on any atom is 0.238 e. The first-order chi connectivity index (χ1) is 9.24. The summed E-state index contributed by atoms with van der Waals surface area (Å²) in [4.78, 5) is 11.0. The van der Waals surface area contributed by atoms with E-state index in [9.17, 15) is 13.2 Å². The van der Waals surface area contributed by atoms with Crippen molar-refractivity contribution in [3.05, 3.63) is 23.8 Å². The smallest absolute Gasteiger partial charge is 0.238 e. The third-order valence-corrected chi connectivity index (χ3v) is 3.88. The summed E-state index contributed by atoms with van der Waals surface area (Å²) in [6, 6.07) is 4.60. The van der Waals surface area contributed by atoms with Crippen molar-refractivity contribution in [2.24, 2.45) is 5.14 Å². The number of amides is 1. The first-order valence-corrected chi connectivity index (χ1v) is 7.75. The van der Waals surface area contributed by atoms with Crippen LogP contribution in [0.2, 0.25) is 0 Å². The van der Waals surface area contributed by atoms with E-state index in [-0.39, 0.29) is 16.8 Å². The van der Waals surface area contributed by atoms with Crippen molar-refractivity contribution in [1.82, 2.24) is 5.32 Å². The molecule has 0 aliphatic rings. The van der Waals surface area contributed by atoms with Crippen molar-refractivity contribution in [2.75, 3.05) is 7.11 Å². The van der Waals surface area contributed by atoms with Crippen molar-refractivity contribution in [1.29, 1.82) is 0 Å². The van der Waals surface area contributed by atoms with Gasteiger partial charge in [-0.05, 0) is 43.5 Å². The number of nitrogens with two attached hydrogens (primary N) is 1. The van der Waals surface area contributed by atoms with Gasteiger partial charge in [-0.25, -0.2) is 13.6 Å². The van der Waals surface area contributed by atoms with Gasteiger partial charge in [0.05, 0.1) is 12.0 Å². The van der Waals surface area contributed by atoms with Crippen LogP contribution in [0.3, 0.4) is 0 Å². The molecule has 1 rings (SSSR count). The summed E-state index contributed by atoms with van der Waals surface area (Å²) < 4.78 is 28.2. The zero-order chi connectivity index (χ0) is 15.3. The molecule has 0 aliphatic carbocycles. The van der Waals surface area contributed by atoms with E-state index in [2.05, 4.69) is 5.32 Å². The second kappa shape index (κ2) is 6.71. The number of rotatable bonds is 6. The van der Waals surface area contributed by atoms with Gasteiger partial charge in [0.2, 0.25) is 15.9 Å². The number of hydrogen-bond acceptors (Lipinski definition) is 4. The van der Waals surface area contributed by atoms with Gasteiger partial charge in [0.15, 0.2) is 0 Å².